The molecule has 0 aliphatic heterocycles. The summed E-state index contributed by atoms with van der Waals surface area (Å²) in [6, 6.07) is 0. The second-order valence-electron chi connectivity index (χ2n) is 5.79. The van der Waals surface area contributed by atoms with Crippen LogP contribution in [0.25, 0.3) is 12.2 Å². The summed E-state index contributed by atoms with van der Waals surface area (Å²) in [5.41, 5.74) is -2.13. The van der Waals surface area contributed by atoms with Crippen LogP contribution in [-0.2, 0) is 19.1 Å². The summed E-state index contributed by atoms with van der Waals surface area (Å²) < 4.78 is 65.9. The lowest BCUT2D eigenvalue weighted by molar-refractivity contribution is -0.138. The fourth-order valence-corrected chi connectivity index (χ4v) is 1.99. The van der Waals surface area contributed by atoms with Gasteiger partial charge in [-0.2, -0.15) is 0 Å². The van der Waals surface area contributed by atoms with Crippen molar-refractivity contribution in [2.24, 2.45) is 0 Å². The highest BCUT2D eigenvalue weighted by molar-refractivity contribution is 5.88. The van der Waals surface area contributed by atoms with Crippen LogP contribution in [0.15, 0.2) is 12.2 Å². The molecule has 0 unspecified atom stereocenters. The van der Waals surface area contributed by atoms with Crippen LogP contribution in [0.2, 0.25) is 0 Å². The molecule has 4 nitrogen and oxygen atoms in total. The van der Waals surface area contributed by atoms with Crippen LogP contribution >= 0.6 is 0 Å². The Hall–Kier alpha value is -2.64. The minimum Gasteiger partial charge on any atom is -0.463 e. The van der Waals surface area contributed by atoms with Crippen molar-refractivity contribution in [2.45, 2.75) is 39.5 Å². The minimum absolute atomic E-state index is 0.117. The third kappa shape index (κ3) is 6.83. The van der Waals surface area contributed by atoms with Crippen LogP contribution < -0.4 is 0 Å². The third-order valence-corrected chi connectivity index (χ3v) is 3.59. The first kappa shape index (κ1) is 23.4. The second kappa shape index (κ2) is 11.9. The van der Waals surface area contributed by atoms with Gasteiger partial charge in [-0.15, -0.1) is 0 Å². The van der Waals surface area contributed by atoms with Gasteiger partial charge in [0.15, 0.2) is 23.3 Å². The van der Waals surface area contributed by atoms with Gasteiger partial charge in [-0.1, -0.05) is 26.7 Å². The maximum absolute atomic E-state index is 14.1. The van der Waals surface area contributed by atoms with Crippen LogP contribution in [-0.4, -0.2) is 25.2 Å². The Labute approximate surface area is 160 Å². The first-order valence-corrected chi connectivity index (χ1v) is 8.89. The van der Waals surface area contributed by atoms with Crippen LogP contribution in [0.3, 0.4) is 0 Å². The molecule has 0 aliphatic carbocycles. The van der Waals surface area contributed by atoms with Gasteiger partial charge in [0.25, 0.3) is 0 Å². The zero-order valence-electron chi connectivity index (χ0n) is 15.7. The van der Waals surface area contributed by atoms with Crippen LogP contribution in [0.4, 0.5) is 17.6 Å². The van der Waals surface area contributed by atoms with E-state index in [1.807, 2.05) is 13.8 Å². The van der Waals surface area contributed by atoms with E-state index >= 15 is 0 Å². The van der Waals surface area contributed by atoms with Gasteiger partial charge in [0.2, 0.25) is 0 Å². The van der Waals surface area contributed by atoms with E-state index in [0.29, 0.717) is 37.1 Å². The molecule has 0 saturated carbocycles. The Bertz CT molecular complexity index is 665. The molecule has 0 fully saturated rings. The number of rotatable bonds is 10. The molecule has 0 amide bonds. The number of halogens is 4. The highest BCUT2D eigenvalue weighted by Gasteiger charge is 2.23. The number of benzene rings is 1. The first-order chi connectivity index (χ1) is 13.3. The summed E-state index contributed by atoms with van der Waals surface area (Å²) in [5.74, 6) is -8.59. The number of carbonyl (C=O) groups is 2. The smallest absolute Gasteiger partial charge is 0.330 e. The van der Waals surface area contributed by atoms with Crippen molar-refractivity contribution in [1.29, 1.82) is 0 Å². The van der Waals surface area contributed by atoms with Gasteiger partial charge in [-0.05, 0) is 25.0 Å². The molecule has 0 heterocycles. The van der Waals surface area contributed by atoms with E-state index in [1.54, 1.807) is 0 Å². The summed E-state index contributed by atoms with van der Waals surface area (Å²) in [6.45, 7) is 3.98. The van der Waals surface area contributed by atoms with Crippen molar-refractivity contribution < 1.29 is 36.6 Å². The molecule has 1 aromatic carbocycles. The zero-order chi connectivity index (χ0) is 21.1. The Kier molecular flexibility index (Phi) is 9.98. The number of esters is 2. The molecule has 28 heavy (non-hydrogen) atoms. The molecular formula is C20H22F4O4. The predicted molar refractivity (Wildman–Crippen MR) is 96.1 cm³/mol. The minimum atomic E-state index is -1.70. The van der Waals surface area contributed by atoms with Crippen molar-refractivity contribution in [3.63, 3.8) is 0 Å². The molecule has 0 N–H and O–H groups in total. The van der Waals surface area contributed by atoms with Crippen molar-refractivity contribution in [3.05, 3.63) is 46.5 Å². The maximum Gasteiger partial charge on any atom is 0.330 e. The molecule has 0 radical (unpaired) electrons. The molecule has 0 saturated heterocycles. The van der Waals surface area contributed by atoms with Gasteiger partial charge in [-0.25, -0.2) is 27.2 Å². The first-order valence-electron chi connectivity index (χ1n) is 8.89. The number of hydrogen-bond acceptors (Lipinski definition) is 4. The van der Waals surface area contributed by atoms with Gasteiger partial charge in [0, 0.05) is 12.2 Å². The number of hydrogen-bond donors (Lipinski definition) is 0. The highest BCUT2D eigenvalue weighted by atomic mass is 19.2. The molecule has 0 aromatic heterocycles. The molecule has 154 valence electrons. The summed E-state index contributed by atoms with van der Waals surface area (Å²) in [4.78, 5) is 22.9. The molecule has 0 atom stereocenters. The van der Waals surface area contributed by atoms with E-state index in [9.17, 15) is 27.2 Å². The van der Waals surface area contributed by atoms with Crippen molar-refractivity contribution in [3.8, 4) is 0 Å². The largest absolute Gasteiger partial charge is 0.463 e. The Morgan fingerprint density at radius 1 is 0.714 bits per heavy atom. The molecular weight excluding hydrogens is 380 g/mol. The predicted octanol–water partition coefficient (Wildman–Crippen LogP) is 4.96. The number of ether oxygens (including phenoxy) is 2. The summed E-state index contributed by atoms with van der Waals surface area (Å²) in [6.07, 6.45) is 5.30. The summed E-state index contributed by atoms with van der Waals surface area (Å²) in [7, 11) is 0. The third-order valence-electron chi connectivity index (χ3n) is 3.59. The molecule has 0 spiro atoms. The van der Waals surface area contributed by atoms with E-state index in [1.165, 1.54) is 0 Å². The average molecular weight is 402 g/mol. The monoisotopic (exact) mass is 402 g/mol. The molecule has 0 bridgehead atoms. The Morgan fingerprint density at radius 2 is 1.04 bits per heavy atom. The van der Waals surface area contributed by atoms with Gasteiger partial charge in [0.05, 0.1) is 24.3 Å². The molecule has 1 rings (SSSR count). The summed E-state index contributed by atoms with van der Waals surface area (Å²) >= 11 is 0. The lowest BCUT2D eigenvalue weighted by atomic mass is 10.1. The second-order valence-corrected chi connectivity index (χ2v) is 5.79. The normalized spacial score (nSPS) is 11.4. The fraction of sp³-hybridized carbons (Fsp3) is 0.400. The van der Waals surface area contributed by atoms with E-state index < -0.39 is 46.3 Å². The van der Waals surface area contributed by atoms with E-state index in [4.69, 9.17) is 9.47 Å². The SMILES string of the molecule is CCCCOC(=O)/C=C/c1c(F)c(F)c(/C=C/C(=O)OCCCC)c(F)c1F. The van der Waals surface area contributed by atoms with Gasteiger partial charge >= 0.3 is 11.9 Å². The number of carbonyl (C=O) groups excluding carboxylic acids is 2. The Balaban J connectivity index is 3.01. The molecule has 1 aromatic rings. The van der Waals surface area contributed by atoms with Gasteiger partial charge in [-0.3, -0.25) is 0 Å². The van der Waals surface area contributed by atoms with Crippen LogP contribution in [0.1, 0.15) is 50.7 Å². The number of unbranched alkanes of at least 4 members (excludes halogenated alkanes) is 2. The molecule has 0 aliphatic rings. The fourth-order valence-electron chi connectivity index (χ4n) is 1.99. The van der Waals surface area contributed by atoms with Gasteiger partial charge in [0.1, 0.15) is 0 Å². The quantitative estimate of drug-likeness (QED) is 0.183. The Morgan fingerprint density at radius 3 is 1.32 bits per heavy atom. The molecule has 8 heteroatoms. The summed E-state index contributed by atoms with van der Waals surface area (Å²) in [5, 5.41) is 0. The van der Waals surface area contributed by atoms with Crippen molar-refractivity contribution in [2.75, 3.05) is 13.2 Å². The van der Waals surface area contributed by atoms with E-state index in [0.717, 1.165) is 12.8 Å². The lowest BCUT2D eigenvalue weighted by Crippen LogP contribution is -2.06. The van der Waals surface area contributed by atoms with Gasteiger partial charge < -0.3 is 9.47 Å². The maximum atomic E-state index is 14.1. The highest BCUT2D eigenvalue weighted by Crippen LogP contribution is 2.26. The van der Waals surface area contributed by atoms with E-state index in [2.05, 4.69) is 0 Å². The van der Waals surface area contributed by atoms with Crippen molar-refractivity contribution >= 4 is 24.1 Å². The standard InChI is InChI=1S/C20H22F4O4/c1-3-5-11-27-15(25)9-7-13-17(21)19(23)14(20(24)18(13)22)8-10-16(26)28-12-6-4-2/h7-10H,3-6,11-12H2,1-2H3/b9-7+,10-8+. The average Bonchev–Trinajstić information content (AvgIpc) is 2.67. The van der Waals surface area contributed by atoms with E-state index in [-0.39, 0.29) is 13.2 Å². The van der Waals surface area contributed by atoms with Crippen LogP contribution in [0, 0.1) is 23.3 Å². The zero-order valence-corrected chi connectivity index (χ0v) is 15.7. The topological polar surface area (TPSA) is 52.6 Å². The lowest BCUT2D eigenvalue weighted by Gasteiger charge is -2.07. The van der Waals surface area contributed by atoms with Crippen molar-refractivity contribution in [1.82, 2.24) is 0 Å². The van der Waals surface area contributed by atoms with Crippen LogP contribution in [0.5, 0.6) is 0 Å².